The Morgan fingerprint density at radius 3 is 2.86 bits per heavy atom. The van der Waals surface area contributed by atoms with Gasteiger partial charge in [-0.1, -0.05) is 0 Å². The molecule has 1 aromatic rings. The third-order valence-corrected chi connectivity index (χ3v) is 3.60. The minimum absolute atomic E-state index is 0.0588. The van der Waals surface area contributed by atoms with E-state index < -0.39 is 5.60 Å². The molecule has 1 amide bonds. The Morgan fingerprint density at radius 1 is 1.57 bits per heavy atom. The molecule has 1 fully saturated rings. The molecule has 1 aliphatic heterocycles. The number of hydrogen-bond donors (Lipinski definition) is 3. The fraction of sp³-hybridized carbons (Fsp3) is 0.533. The number of morpholine rings is 1. The number of rotatable bonds is 3. The minimum atomic E-state index is -0.463. The van der Waals surface area contributed by atoms with Crippen molar-refractivity contribution in [2.24, 2.45) is 5.84 Å². The van der Waals surface area contributed by atoms with Crippen LogP contribution in [0.5, 0.6) is 0 Å². The summed E-state index contributed by atoms with van der Waals surface area (Å²) in [6.07, 6.45) is -0.344. The van der Waals surface area contributed by atoms with Gasteiger partial charge in [-0.3, -0.25) is 10.6 Å². The molecule has 4 N–H and O–H groups in total. The number of hydrazine groups is 1. The first kappa shape index (κ1) is 15.8. The van der Waals surface area contributed by atoms with Crippen molar-refractivity contribution >= 4 is 11.6 Å². The number of carbonyl (C=O) groups is 1. The molecule has 0 radical (unpaired) electrons. The number of amides is 1. The number of nitrogen functional groups attached to an aromatic ring is 1. The van der Waals surface area contributed by atoms with Crippen molar-refractivity contribution in [3.63, 3.8) is 0 Å². The average molecular weight is 293 g/mol. The summed E-state index contributed by atoms with van der Waals surface area (Å²) in [5.74, 6) is 5.34. The number of nitrogens with one attached hydrogen (secondary N) is 1. The Balaban J connectivity index is 2.20. The van der Waals surface area contributed by atoms with Crippen molar-refractivity contribution in [3.05, 3.63) is 29.3 Å². The van der Waals surface area contributed by atoms with Gasteiger partial charge in [0.25, 0.3) is 5.91 Å². The van der Waals surface area contributed by atoms with Gasteiger partial charge in [-0.25, -0.2) is 0 Å². The predicted molar refractivity (Wildman–Crippen MR) is 80.9 cm³/mol. The molecule has 0 bridgehead atoms. The smallest absolute Gasteiger partial charge is 0.254 e. The highest BCUT2D eigenvalue weighted by Crippen LogP contribution is 2.23. The summed E-state index contributed by atoms with van der Waals surface area (Å²) in [5, 5.41) is 9.32. The molecule has 0 spiro atoms. The molecular weight excluding hydrogens is 270 g/mol. The normalized spacial score (nSPS) is 21.2. The van der Waals surface area contributed by atoms with E-state index in [0.717, 1.165) is 11.3 Å². The predicted octanol–water partition coefficient (Wildman–Crippen LogP) is 0.893. The summed E-state index contributed by atoms with van der Waals surface area (Å²) in [5.41, 5.74) is 4.45. The first-order valence-electron chi connectivity index (χ1n) is 7.01. The number of carbonyl (C=O) groups excluding carboxylic acids is 1. The van der Waals surface area contributed by atoms with Gasteiger partial charge in [-0.2, -0.15) is 0 Å². The first-order chi connectivity index (χ1) is 9.86. The number of aliphatic hydroxyl groups is 1. The third-order valence-electron chi connectivity index (χ3n) is 3.60. The molecule has 1 aliphatic rings. The van der Waals surface area contributed by atoms with Crippen molar-refractivity contribution in [1.29, 1.82) is 0 Å². The zero-order chi connectivity index (χ0) is 15.6. The van der Waals surface area contributed by atoms with Gasteiger partial charge >= 0.3 is 0 Å². The summed E-state index contributed by atoms with van der Waals surface area (Å²) < 4.78 is 5.73. The van der Waals surface area contributed by atoms with Gasteiger partial charge in [0.2, 0.25) is 0 Å². The Kier molecular flexibility index (Phi) is 4.51. The SMILES string of the molecule is Cc1cc(C(=O)N2CC(CO)OC(C)(C)C2)ccc1NN. The summed E-state index contributed by atoms with van der Waals surface area (Å²) in [7, 11) is 0. The van der Waals surface area contributed by atoms with Crippen LogP contribution in [0.15, 0.2) is 18.2 Å². The van der Waals surface area contributed by atoms with Crippen LogP contribution in [0.1, 0.15) is 29.8 Å². The van der Waals surface area contributed by atoms with Crippen LogP contribution in [0.3, 0.4) is 0 Å². The van der Waals surface area contributed by atoms with E-state index in [9.17, 15) is 9.90 Å². The Morgan fingerprint density at radius 2 is 2.29 bits per heavy atom. The molecule has 0 saturated carbocycles. The molecule has 1 saturated heterocycles. The lowest BCUT2D eigenvalue weighted by atomic mass is 10.0. The van der Waals surface area contributed by atoms with E-state index in [1.807, 2.05) is 26.8 Å². The van der Waals surface area contributed by atoms with Gasteiger partial charge in [0.05, 0.1) is 24.0 Å². The second-order valence-electron chi connectivity index (χ2n) is 6.04. The lowest BCUT2D eigenvalue weighted by Crippen LogP contribution is -2.55. The van der Waals surface area contributed by atoms with Crippen molar-refractivity contribution in [2.75, 3.05) is 25.1 Å². The summed E-state index contributed by atoms with van der Waals surface area (Å²) in [6.45, 7) is 6.53. The largest absolute Gasteiger partial charge is 0.394 e. The van der Waals surface area contributed by atoms with Gasteiger partial charge in [-0.05, 0) is 44.5 Å². The second kappa shape index (κ2) is 6.01. The van der Waals surface area contributed by atoms with Crippen LogP contribution < -0.4 is 11.3 Å². The second-order valence-corrected chi connectivity index (χ2v) is 6.04. The summed E-state index contributed by atoms with van der Waals surface area (Å²) >= 11 is 0. The number of anilines is 1. The average Bonchev–Trinajstić information content (AvgIpc) is 2.44. The summed E-state index contributed by atoms with van der Waals surface area (Å²) in [6, 6.07) is 5.35. The molecule has 0 aliphatic carbocycles. The molecule has 21 heavy (non-hydrogen) atoms. The quantitative estimate of drug-likeness (QED) is 0.569. The van der Waals surface area contributed by atoms with Crippen LogP contribution in [0.25, 0.3) is 0 Å². The van der Waals surface area contributed by atoms with Gasteiger partial charge in [0, 0.05) is 18.7 Å². The van der Waals surface area contributed by atoms with Crippen LogP contribution in [0, 0.1) is 6.92 Å². The Labute approximate surface area is 124 Å². The zero-order valence-corrected chi connectivity index (χ0v) is 12.7. The molecule has 1 heterocycles. The van der Waals surface area contributed by atoms with Crippen molar-refractivity contribution in [3.8, 4) is 0 Å². The molecule has 1 aromatic carbocycles. The number of benzene rings is 1. The van der Waals surface area contributed by atoms with Gasteiger partial charge in [0.1, 0.15) is 0 Å². The fourth-order valence-corrected chi connectivity index (χ4v) is 2.69. The van der Waals surface area contributed by atoms with Crippen LogP contribution in [-0.2, 0) is 4.74 Å². The van der Waals surface area contributed by atoms with E-state index in [0.29, 0.717) is 18.7 Å². The standard InChI is InChI=1S/C15H23N3O3/c1-10-6-11(4-5-13(10)17-16)14(20)18-7-12(8-19)21-15(2,3)9-18/h4-6,12,17,19H,7-9,16H2,1-3H3. The van der Waals surface area contributed by atoms with Crippen LogP contribution in [-0.4, -0.2) is 47.3 Å². The van der Waals surface area contributed by atoms with Gasteiger partial charge in [-0.15, -0.1) is 0 Å². The number of nitrogens with two attached hydrogens (primary N) is 1. The molecule has 6 nitrogen and oxygen atoms in total. The third kappa shape index (κ3) is 3.53. The van der Waals surface area contributed by atoms with Crippen molar-refractivity contribution < 1.29 is 14.6 Å². The van der Waals surface area contributed by atoms with Crippen molar-refractivity contribution in [2.45, 2.75) is 32.5 Å². The summed E-state index contributed by atoms with van der Waals surface area (Å²) in [4.78, 5) is 14.4. The molecule has 0 aromatic heterocycles. The number of aryl methyl sites for hydroxylation is 1. The van der Waals surface area contributed by atoms with E-state index in [1.54, 1.807) is 17.0 Å². The maximum absolute atomic E-state index is 12.6. The minimum Gasteiger partial charge on any atom is -0.394 e. The highest BCUT2D eigenvalue weighted by Gasteiger charge is 2.35. The van der Waals surface area contributed by atoms with Crippen LogP contribution >= 0.6 is 0 Å². The molecular formula is C15H23N3O3. The van der Waals surface area contributed by atoms with Gasteiger partial charge < -0.3 is 20.2 Å². The molecule has 1 unspecified atom stereocenters. The molecule has 116 valence electrons. The highest BCUT2D eigenvalue weighted by atomic mass is 16.5. The number of hydrogen-bond acceptors (Lipinski definition) is 5. The van der Waals surface area contributed by atoms with E-state index in [1.165, 1.54) is 0 Å². The first-order valence-corrected chi connectivity index (χ1v) is 7.01. The van der Waals surface area contributed by atoms with Crippen LogP contribution in [0.2, 0.25) is 0 Å². The van der Waals surface area contributed by atoms with E-state index >= 15 is 0 Å². The molecule has 6 heteroatoms. The van der Waals surface area contributed by atoms with Gasteiger partial charge in [0.15, 0.2) is 0 Å². The van der Waals surface area contributed by atoms with E-state index in [2.05, 4.69) is 5.43 Å². The van der Waals surface area contributed by atoms with E-state index in [4.69, 9.17) is 10.6 Å². The fourth-order valence-electron chi connectivity index (χ4n) is 2.69. The Hall–Kier alpha value is -1.63. The van der Waals surface area contributed by atoms with E-state index in [-0.39, 0.29) is 18.6 Å². The van der Waals surface area contributed by atoms with Crippen LogP contribution in [0.4, 0.5) is 5.69 Å². The lowest BCUT2D eigenvalue weighted by molar-refractivity contribution is -0.139. The Bertz CT molecular complexity index is 531. The lowest BCUT2D eigenvalue weighted by Gasteiger charge is -2.42. The maximum Gasteiger partial charge on any atom is 0.254 e. The topological polar surface area (TPSA) is 87.8 Å². The number of aliphatic hydroxyl groups excluding tert-OH is 1. The molecule has 1 atom stereocenters. The highest BCUT2D eigenvalue weighted by molar-refractivity contribution is 5.95. The number of nitrogens with zero attached hydrogens (tertiary/aromatic N) is 1. The zero-order valence-electron chi connectivity index (χ0n) is 12.7. The molecule has 2 rings (SSSR count). The van der Waals surface area contributed by atoms with Crippen molar-refractivity contribution in [1.82, 2.24) is 4.90 Å². The monoisotopic (exact) mass is 293 g/mol. The maximum atomic E-state index is 12.6. The number of ether oxygens (including phenoxy) is 1.